The molecule has 33 heavy (non-hydrogen) atoms. The summed E-state index contributed by atoms with van der Waals surface area (Å²) in [6, 6.07) is 22.2. The van der Waals surface area contributed by atoms with E-state index >= 15 is 0 Å². The SMILES string of the molecule is O=C(Oc1ccccc1)N1CCN(CCCC(c2ccc(F)cc2)c2ccc(F)cc2)CC1. The van der Waals surface area contributed by atoms with Crippen molar-refractivity contribution in [3.63, 3.8) is 0 Å². The molecule has 3 aromatic rings. The van der Waals surface area contributed by atoms with E-state index in [4.69, 9.17) is 4.74 Å². The molecule has 0 unspecified atom stereocenters. The highest BCUT2D eigenvalue weighted by molar-refractivity contribution is 5.70. The summed E-state index contributed by atoms with van der Waals surface area (Å²) in [5, 5.41) is 0. The molecule has 0 aliphatic carbocycles. The first-order chi connectivity index (χ1) is 16.1. The van der Waals surface area contributed by atoms with Crippen LogP contribution in [0.1, 0.15) is 29.9 Å². The number of ether oxygens (including phenoxy) is 1. The molecular weight excluding hydrogens is 422 g/mol. The van der Waals surface area contributed by atoms with E-state index < -0.39 is 0 Å². The summed E-state index contributed by atoms with van der Waals surface area (Å²) in [6.45, 7) is 3.75. The second-order valence-electron chi connectivity index (χ2n) is 8.31. The largest absolute Gasteiger partial charge is 0.415 e. The van der Waals surface area contributed by atoms with Crippen LogP contribution >= 0.6 is 0 Å². The highest BCUT2D eigenvalue weighted by Crippen LogP contribution is 2.30. The van der Waals surface area contributed by atoms with E-state index in [1.54, 1.807) is 41.3 Å². The van der Waals surface area contributed by atoms with Crippen LogP contribution in [0.4, 0.5) is 13.6 Å². The third-order valence-corrected chi connectivity index (χ3v) is 6.09. The molecule has 1 fully saturated rings. The molecule has 0 N–H and O–H groups in total. The molecule has 1 heterocycles. The van der Waals surface area contributed by atoms with Gasteiger partial charge in [0.2, 0.25) is 0 Å². The van der Waals surface area contributed by atoms with Gasteiger partial charge in [0.1, 0.15) is 17.4 Å². The molecule has 0 atom stereocenters. The molecule has 172 valence electrons. The van der Waals surface area contributed by atoms with E-state index in [9.17, 15) is 13.6 Å². The summed E-state index contributed by atoms with van der Waals surface area (Å²) >= 11 is 0. The Morgan fingerprint density at radius 1 is 0.788 bits per heavy atom. The van der Waals surface area contributed by atoms with Gasteiger partial charge in [0.15, 0.2) is 0 Å². The Balaban J connectivity index is 1.28. The minimum atomic E-state index is -0.312. The van der Waals surface area contributed by atoms with Crippen molar-refractivity contribution in [1.29, 1.82) is 0 Å². The van der Waals surface area contributed by atoms with Gasteiger partial charge in [-0.15, -0.1) is 0 Å². The van der Waals surface area contributed by atoms with Crippen LogP contribution in [0, 0.1) is 11.6 Å². The fraction of sp³-hybridized carbons (Fsp3) is 0.296. The number of benzene rings is 3. The predicted molar refractivity (Wildman–Crippen MR) is 124 cm³/mol. The first-order valence-corrected chi connectivity index (χ1v) is 11.3. The van der Waals surface area contributed by atoms with E-state index in [1.807, 2.05) is 18.2 Å². The molecule has 3 aromatic carbocycles. The van der Waals surface area contributed by atoms with Gasteiger partial charge in [0, 0.05) is 32.1 Å². The first kappa shape index (κ1) is 22.9. The van der Waals surface area contributed by atoms with Crippen LogP contribution in [0.25, 0.3) is 0 Å². The number of carbonyl (C=O) groups is 1. The molecule has 1 aliphatic heterocycles. The smallest absolute Gasteiger partial charge is 0.410 e. The highest BCUT2D eigenvalue weighted by Gasteiger charge is 2.23. The van der Waals surface area contributed by atoms with Crippen LogP contribution in [0.3, 0.4) is 0 Å². The van der Waals surface area contributed by atoms with E-state index in [0.717, 1.165) is 43.6 Å². The van der Waals surface area contributed by atoms with Crippen molar-refractivity contribution >= 4 is 6.09 Å². The lowest BCUT2D eigenvalue weighted by Gasteiger charge is -2.34. The normalized spacial score (nSPS) is 14.5. The number of hydrogen-bond acceptors (Lipinski definition) is 3. The molecule has 1 saturated heterocycles. The number of carbonyl (C=O) groups excluding carboxylic acids is 1. The van der Waals surface area contributed by atoms with Gasteiger partial charge in [0.25, 0.3) is 0 Å². The number of halogens is 2. The monoisotopic (exact) mass is 450 g/mol. The zero-order valence-corrected chi connectivity index (χ0v) is 18.5. The highest BCUT2D eigenvalue weighted by atomic mass is 19.1. The molecule has 1 amide bonds. The van der Waals surface area contributed by atoms with E-state index in [0.29, 0.717) is 18.8 Å². The van der Waals surface area contributed by atoms with Crippen molar-refractivity contribution in [1.82, 2.24) is 9.80 Å². The molecule has 4 rings (SSSR count). The molecule has 6 heteroatoms. The predicted octanol–water partition coefficient (Wildman–Crippen LogP) is 5.69. The zero-order chi connectivity index (χ0) is 23.0. The Labute approximate surface area is 193 Å². The van der Waals surface area contributed by atoms with Gasteiger partial charge in [-0.05, 0) is 66.9 Å². The van der Waals surface area contributed by atoms with Gasteiger partial charge in [-0.3, -0.25) is 4.90 Å². The summed E-state index contributed by atoms with van der Waals surface area (Å²) in [4.78, 5) is 16.5. The maximum atomic E-state index is 13.4. The third-order valence-electron chi connectivity index (χ3n) is 6.09. The van der Waals surface area contributed by atoms with Gasteiger partial charge >= 0.3 is 6.09 Å². The Morgan fingerprint density at radius 3 is 1.88 bits per heavy atom. The van der Waals surface area contributed by atoms with Crippen molar-refractivity contribution in [2.45, 2.75) is 18.8 Å². The summed E-state index contributed by atoms with van der Waals surface area (Å²) in [5.74, 6) is 0.103. The molecule has 0 spiro atoms. The average molecular weight is 451 g/mol. The van der Waals surface area contributed by atoms with Crippen molar-refractivity contribution in [2.24, 2.45) is 0 Å². The number of piperazine rings is 1. The van der Waals surface area contributed by atoms with Crippen LogP contribution in [0.2, 0.25) is 0 Å². The lowest BCUT2D eigenvalue weighted by atomic mass is 9.87. The second kappa shape index (κ2) is 11.1. The van der Waals surface area contributed by atoms with Gasteiger partial charge < -0.3 is 9.64 Å². The molecule has 4 nitrogen and oxygen atoms in total. The number of hydrogen-bond donors (Lipinski definition) is 0. The van der Waals surface area contributed by atoms with E-state index in [1.165, 1.54) is 24.3 Å². The lowest BCUT2D eigenvalue weighted by Crippen LogP contribution is -2.49. The molecule has 0 radical (unpaired) electrons. The standard InChI is InChI=1S/C27H28F2N2O2/c28-23-12-8-21(9-13-23)26(22-10-14-24(29)15-11-22)7-4-16-30-17-19-31(20-18-30)27(32)33-25-5-2-1-3-6-25/h1-3,5-6,8-15,26H,4,7,16-20H2. The van der Waals surface area contributed by atoms with Gasteiger partial charge in [-0.25, -0.2) is 13.6 Å². The molecular formula is C27H28F2N2O2. The number of rotatable bonds is 7. The Morgan fingerprint density at radius 2 is 1.33 bits per heavy atom. The summed E-state index contributed by atoms with van der Waals surface area (Å²) < 4.78 is 32.3. The van der Waals surface area contributed by atoms with Crippen molar-refractivity contribution in [3.8, 4) is 5.75 Å². The summed E-state index contributed by atoms with van der Waals surface area (Å²) in [5.41, 5.74) is 2.05. The van der Waals surface area contributed by atoms with E-state index in [-0.39, 0.29) is 23.6 Å². The van der Waals surface area contributed by atoms with Crippen molar-refractivity contribution in [3.05, 3.63) is 102 Å². The van der Waals surface area contributed by atoms with E-state index in [2.05, 4.69) is 4.90 Å². The van der Waals surface area contributed by atoms with Gasteiger partial charge in [-0.1, -0.05) is 42.5 Å². The third kappa shape index (κ3) is 6.39. The number of nitrogens with zero attached hydrogens (tertiary/aromatic N) is 2. The Kier molecular flexibility index (Phi) is 7.68. The summed E-state index contributed by atoms with van der Waals surface area (Å²) in [6.07, 6.45) is 1.50. The maximum absolute atomic E-state index is 13.4. The molecule has 1 aliphatic rings. The molecule has 0 aromatic heterocycles. The van der Waals surface area contributed by atoms with Crippen LogP contribution in [0.15, 0.2) is 78.9 Å². The zero-order valence-electron chi connectivity index (χ0n) is 18.5. The topological polar surface area (TPSA) is 32.8 Å². The Bertz CT molecular complexity index is 973. The molecule has 0 bridgehead atoms. The minimum Gasteiger partial charge on any atom is -0.410 e. The minimum absolute atomic E-state index is 0.0772. The van der Waals surface area contributed by atoms with Gasteiger partial charge in [0.05, 0.1) is 0 Å². The van der Waals surface area contributed by atoms with Gasteiger partial charge in [-0.2, -0.15) is 0 Å². The lowest BCUT2D eigenvalue weighted by molar-refractivity contribution is 0.110. The quantitative estimate of drug-likeness (QED) is 0.463. The average Bonchev–Trinajstić information content (AvgIpc) is 2.84. The number of amides is 1. The number of para-hydroxylation sites is 1. The fourth-order valence-electron chi connectivity index (χ4n) is 4.24. The molecule has 0 saturated carbocycles. The second-order valence-corrected chi connectivity index (χ2v) is 8.31. The Hall–Kier alpha value is -3.25. The van der Waals surface area contributed by atoms with Crippen LogP contribution < -0.4 is 4.74 Å². The maximum Gasteiger partial charge on any atom is 0.415 e. The summed E-state index contributed by atoms with van der Waals surface area (Å²) in [7, 11) is 0. The van der Waals surface area contributed by atoms with Crippen molar-refractivity contribution in [2.75, 3.05) is 32.7 Å². The first-order valence-electron chi connectivity index (χ1n) is 11.3. The fourth-order valence-corrected chi connectivity index (χ4v) is 4.24. The van der Waals surface area contributed by atoms with Crippen molar-refractivity contribution < 1.29 is 18.3 Å². The van der Waals surface area contributed by atoms with Crippen LogP contribution in [-0.4, -0.2) is 48.6 Å². The van der Waals surface area contributed by atoms with Crippen LogP contribution in [-0.2, 0) is 0 Å². The van der Waals surface area contributed by atoms with Crippen LogP contribution in [0.5, 0.6) is 5.75 Å².